The Balaban J connectivity index is 2.01. The number of piperidine rings is 4. The van der Waals surface area contributed by atoms with Crippen LogP contribution in [0, 0.1) is 5.92 Å². The molecule has 0 aliphatic carbocycles. The molecule has 4 rings (SSSR count). The van der Waals surface area contributed by atoms with Crippen LogP contribution in [-0.2, 0) is 9.53 Å². The lowest BCUT2D eigenvalue weighted by Gasteiger charge is -2.55. The fraction of sp³-hybridized carbons (Fsp3) is 0.643. The van der Waals surface area contributed by atoms with E-state index in [2.05, 4.69) is 17.9 Å². The largest absolute Gasteiger partial charge is 0.504 e. The predicted molar refractivity (Wildman–Crippen MR) is 65.5 cm³/mol. The Bertz CT molecular complexity index is 410. The van der Waals surface area contributed by atoms with Gasteiger partial charge in [-0.05, 0) is 25.3 Å². The Morgan fingerprint density at radius 1 is 1.41 bits per heavy atom. The van der Waals surface area contributed by atoms with Crippen LogP contribution in [0.4, 0.5) is 0 Å². The molecule has 4 aliphatic rings. The maximum absolute atomic E-state index is 11.9. The fourth-order valence-electron chi connectivity index (χ4n) is 3.73. The van der Waals surface area contributed by atoms with Crippen molar-refractivity contribution in [3.05, 3.63) is 23.5 Å². The second-order valence-corrected chi connectivity index (χ2v) is 5.21. The summed E-state index contributed by atoms with van der Waals surface area (Å²) < 4.78 is 5.24. The first kappa shape index (κ1) is 11.0. The molecule has 17 heavy (non-hydrogen) atoms. The number of nitrogens with zero attached hydrogens (tertiary/aromatic N) is 1. The first-order chi connectivity index (χ1) is 8.26. The monoisotopic (exact) mass is 233 g/mol. The standard InChI is InChI=1S/C14H19NO2/c1-3-9-7-15-12-4-5-14(16)13(15)6-10(9)11(12)8-17-2/h3,8,10,12-13H,4-7H2,1-2H3/b9-3-,11-8?/t10?,12-,13-/m0/s1. The van der Waals surface area contributed by atoms with E-state index in [4.69, 9.17) is 4.74 Å². The molecule has 0 aromatic carbocycles. The van der Waals surface area contributed by atoms with Crippen LogP contribution in [0.15, 0.2) is 23.5 Å². The number of methoxy groups -OCH3 is 1. The fourth-order valence-corrected chi connectivity index (χ4v) is 3.73. The van der Waals surface area contributed by atoms with Crippen molar-refractivity contribution in [3.8, 4) is 0 Å². The predicted octanol–water partition coefficient (Wildman–Crippen LogP) is 1.90. The van der Waals surface area contributed by atoms with E-state index in [9.17, 15) is 4.79 Å². The van der Waals surface area contributed by atoms with Crippen molar-refractivity contribution in [2.24, 2.45) is 5.92 Å². The highest BCUT2D eigenvalue weighted by Gasteiger charge is 2.50. The minimum atomic E-state index is 0.177. The van der Waals surface area contributed by atoms with E-state index in [0.717, 1.165) is 25.8 Å². The molecule has 0 spiro atoms. The lowest BCUT2D eigenvalue weighted by atomic mass is 9.67. The zero-order valence-electron chi connectivity index (χ0n) is 10.5. The van der Waals surface area contributed by atoms with Crippen LogP contribution in [0.1, 0.15) is 26.2 Å². The number of rotatable bonds is 1. The minimum Gasteiger partial charge on any atom is -0.504 e. The highest BCUT2D eigenvalue weighted by molar-refractivity contribution is 5.86. The summed E-state index contributed by atoms with van der Waals surface area (Å²) in [5.41, 5.74) is 2.84. The van der Waals surface area contributed by atoms with Crippen molar-refractivity contribution in [2.75, 3.05) is 13.7 Å². The maximum atomic E-state index is 11.9. The van der Waals surface area contributed by atoms with E-state index in [-0.39, 0.29) is 6.04 Å². The van der Waals surface area contributed by atoms with E-state index in [1.165, 1.54) is 11.1 Å². The molecule has 92 valence electrons. The highest BCUT2D eigenvalue weighted by atomic mass is 16.5. The van der Waals surface area contributed by atoms with Gasteiger partial charge >= 0.3 is 0 Å². The van der Waals surface area contributed by atoms with E-state index >= 15 is 0 Å². The van der Waals surface area contributed by atoms with Gasteiger partial charge in [-0.25, -0.2) is 0 Å². The van der Waals surface area contributed by atoms with Crippen LogP contribution < -0.4 is 0 Å². The SMILES string of the molecule is C/C=C1/CN2[C@H]3CC1C(=COC)[C@@H]2CCC3=O. The van der Waals surface area contributed by atoms with Gasteiger partial charge in [0.25, 0.3) is 0 Å². The lowest BCUT2D eigenvalue weighted by Crippen LogP contribution is -2.62. The van der Waals surface area contributed by atoms with E-state index in [1.807, 2.05) is 6.26 Å². The summed E-state index contributed by atoms with van der Waals surface area (Å²) in [5, 5.41) is 0. The van der Waals surface area contributed by atoms with E-state index < -0.39 is 0 Å². The summed E-state index contributed by atoms with van der Waals surface area (Å²) in [4.78, 5) is 14.3. The van der Waals surface area contributed by atoms with Gasteiger partial charge in [-0.3, -0.25) is 9.69 Å². The number of Topliss-reactive ketones (excluding diaryl/α,β-unsaturated/α-hetero) is 1. The van der Waals surface area contributed by atoms with Crippen LogP contribution in [0.25, 0.3) is 0 Å². The quantitative estimate of drug-likeness (QED) is 0.512. The maximum Gasteiger partial charge on any atom is 0.150 e. The molecule has 3 heteroatoms. The van der Waals surface area contributed by atoms with Crippen molar-refractivity contribution >= 4 is 5.78 Å². The molecule has 4 atom stereocenters. The molecule has 4 heterocycles. The van der Waals surface area contributed by atoms with Gasteiger partial charge < -0.3 is 4.74 Å². The Labute approximate surface area is 102 Å². The van der Waals surface area contributed by atoms with Crippen molar-refractivity contribution in [3.63, 3.8) is 0 Å². The van der Waals surface area contributed by atoms with Gasteiger partial charge in [0.05, 0.1) is 19.4 Å². The topological polar surface area (TPSA) is 29.5 Å². The Morgan fingerprint density at radius 2 is 2.24 bits per heavy atom. The summed E-state index contributed by atoms with van der Waals surface area (Å²) in [5.74, 6) is 0.891. The second-order valence-electron chi connectivity index (χ2n) is 5.21. The molecule has 4 bridgehead atoms. The number of ketones is 1. The Kier molecular flexibility index (Phi) is 2.58. The zero-order chi connectivity index (χ0) is 12.0. The molecular weight excluding hydrogens is 214 g/mol. The number of fused-ring (bicyclic) bond motifs is 1. The summed E-state index contributed by atoms with van der Waals surface area (Å²) in [7, 11) is 1.71. The van der Waals surface area contributed by atoms with Crippen molar-refractivity contribution in [2.45, 2.75) is 38.3 Å². The average molecular weight is 233 g/mol. The minimum absolute atomic E-state index is 0.177. The molecule has 0 radical (unpaired) electrons. The number of carbonyl (C=O) groups is 1. The van der Waals surface area contributed by atoms with Gasteiger partial charge in [0.15, 0.2) is 0 Å². The average Bonchev–Trinajstić information content (AvgIpc) is 2.36. The molecule has 4 saturated heterocycles. The van der Waals surface area contributed by atoms with Gasteiger partial charge in [0.2, 0.25) is 0 Å². The molecule has 0 amide bonds. The summed E-state index contributed by atoms with van der Waals surface area (Å²) >= 11 is 0. The van der Waals surface area contributed by atoms with Crippen molar-refractivity contribution in [1.82, 2.24) is 4.90 Å². The van der Waals surface area contributed by atoms with Gasteiger partial charge in [0.1, 0.15) is 5.78 Å². The summed E-state index contributed by atoms with van der Waals surface area (Å²) in [6.07, 6.45) is 6.80. The van der Waals surface area contributed by atoms with Gasteiger partial charge in [-0.15, -0.1) is 0 Å². The molecule has 0 N–H and O–H groups in total. The van der Waals surface area contributed by atoms with Crippen molar-refractivity contribution < 1.29 is 9.53 Å². The zero-order valence-corrected chi connectivity index (χ0v) is 10.5. The summed E-state index contributed by atoms with van der Waals surface area (Å²) in [6, 6.07) is 0.622. The van der Waals surface area contributed by atoms with Crippen LogP contribution >= 0.6 is 0 Å². The third-order valence-corrected chi connectivity index (χ3v) is 4.52. The molecular formula is C14H19NO2. The van der Waals surface area contributed by atoms with Crippen LogP contribution in [0.2, 0.25) is 0 Å². The molecule has 0 saturated carbocycles. The molecule has 2 unspecified atom stereocenters. The molecule has 0 aromatic rings. The Morgan fingerprint density at radius 3 is 2.94 bits per heavy atom. The number of allylic oxidation sites excluding steroid dienone is 1. The van der Waals surface area contributed by atoms with Gasteiger partial charge in [0, 0.05) is 24.9 Å². The number of hydrogen-bond acceptors (Lipinski definition) is 3. The molecule has 0 aromatic heterocycles. The van der Waals surface area contributed by atoms with Gasteiger partial charge in [-0.2, -0.15) is 0 Å². The normalized spacial score (nSPS) is 44.5. The first-order valence-electron chi connectivity index (χ1n) is 6.42. The first-order valence-corrected chi connectivity index (χ1v) is 6.42. The molecule has 4 fully saturated rings. The Hall–Kier alpha value is -1.09. The highest BCUT2D eigenvalue weighted by Crippen LogP contribution is 2.47. The molecule has 3 nitrogen and oxygen atoms in total. The van der Waals surface area contributed by atoms with E-state index in [1.54, 1.807) is 7.11 Å². The third-order valence-electron chi connectivity index (χ3n) is 4.52. The second kappa shape index (κ2) is 3.98. The van der Waals surface area contributed by atoms with Crippen molar-refractivity contribution in [1.29, 1.82) is 0 Å². The third kappa shape index (κ3) is 1.48. The van der Waals surface area contributed by atoms with E-state index in [0.29, 0.717) is 17.7 Å². The van der Waals surface area contributed by atoms with Crippen LogP contribution in [0.5, 0.6) is 0 Å². The smallest absolute Gasteiger partial charge is 0.150 e. The molecule has 4 aliphatic heterocycles. The number of hydrogen-bond donors (Lipinski definition) is 0. The number of ether oxygens (including phenoxy) is 1. The number of carbonyl (C=O) groups excluding carboxylic acids is 1. The van der Waals surface area contributed by atoms with Crippen LogP contribution in [-0.4, -0.2) is 36.4 Å². The van der Waals surface area contributed by atoms with Crippen LogP contribution in [0.3, 0.4) is 0 Å². The summed E-state index contributed by atoms with van der Waals surface area (Å²) in [6.45, 7) is 3.07. The lowest BCUT2D eigenvalue weighted by molar-refractivity contribution is -0.131. The van der Waals surface area contributed by atoms with Gasteiger partial charge in [-0.1, -0.05) is 11.6 Å².